The van der Waals surface area contributed by atoms with Gasteiger partial charge in [0.2, 0.25) is 10.0 Å². The third-order valence-electron chi connectivity index (χ3n) is 4.09. The van der Waals surface area contributed by atoms with Crippen LogP contribution in [0.4, 0.5) is 4.79 Å². The van der Waals surface area contributed by atoms with E-state index in [0.29, 0.717) is 25.7 Å². The molecule has 0 aliphatic heterocycles. The van der Waals surface area contributed by atoms with Gasteiger partial charge in [0.15, 0.2) is 0 Å². The Labute approximate surface area is 151 Å². The van der Waals surface area contributed by atoms with E-state index in [9.17, 15) is 18.0 Å². The Kier molecular flexibility index (Phi) is 6.79. The average Bonchev–Trinajstić information content (AvgIpc) is 2.99. The summed E-state index contributed by atoms with van der Waals surface area (Å²) in [6.45, 7) is 2.10. The van der Waals surface area contributed by atoms with Gasteiger partial charge in [-0.1, -0.05) is 0 Å². The maximum atomic E-state index is 12.0. The normalized spacial score (nSPS) is 20.8. The van der Waals surface area contributed by atoms with E-state index in [0.717, 1.165) is 4.88 Å². The number of carboxylic acids is 1. The third kappa shape index (κ3) is 5.98. The van der Waals surface area contributed by atoms with Crippen LogP contribution in [-0.2, 0) is 14.8 Å². The molecule has 0 bridgehead atoms. The molecule has 0 aromatic carbocycles. The van der Waals surface area contributed by atoms with Gasteiger partial charge in [-0.15, -0.1) is 11.3 Å². The molecular weight excluding hydrogens is 366 g/mol. The van der Waals surface area contributed by atoms with E-state index in [1.807, 2.05) is 6.92 Å². The van der Waals surface area contributed by atoms with Crippen molar-refractivity contribution in [2.24, 2.45) is 5.92 Å². The molecule has 1 aliphatic carbocycles. The molecule has 4 N–H and O–H groups in total. The number of aryl methyl sites for hydroxylation is 1. The zero-order valence-corrected chi connectivity index (χ0v) is 15.6. The molecule has 0 spiro atoms. The molecule has 0 radical (unpaired) electrons. The van der Waals surface area contributed by atoms with Gasteiger partial charge in [0.1, 0.15) is 4.21 Å². The van der Waals surface area contributed by atoms with Gasteiger partial charge >= 0.3 is 12.0 Å². The average molecular weight is 389 g/mol. The number of hydrogen-bond acceptors (Lipinski definition) is 5. The van der Waals surface area contributed by atoms with E-state index in [1.54, 1.807) is 12.1 Å². The summed E-state index contributed by atoms with van der Waals surface area (Å²) in [6, 6.07) is 2.88. The SMILES string of the molecule is Cc1ccc(S(=O)(=O)NCCNC(=O)NC2CCC(C(=O)O)CC2)s1. The van der Waals surface area contributed by atoms with Crippen LogP contribution < -0.4 is 15.4 Å². The molecule has 2 amide bonds. The third-order valence-corrected chi connectivity index (χ3v) is 7.05. The van der Waals surface area contributed by atoms with Gasteiger partial charge < -0.3 is 15.7 Å². The van der Waals surface area contributed by atoms with Crippen molar-refractivity contribution >= 4 is 33.4 Å². The standard InChI is InChI=1S/C15H23N3O5S2/c1-10-2-7-13(24-10)25(22,23)17-9-8-16-15(21)18-12-5-3-11(4-6-12)14(19)20/h2,7,11-12,17H,3-6,8-9H2,1H3,(H,19,20)(H2,16,18,21). The number of thiophene rings is 1. The number of hydrogen-bond donors (Lipinski definition) is 4. The number of sulfonamides is 1. The summed E-state index contributed by atoms with van der Waals surface area (Å²) in [4.78, 5) is 23.6. The first kappa shape index (κ1) is 19.7. The van der Waals surface area contributed by atoms with Gasteiger partial charge in [-0.25, -0.2) is 17.9 Å². The lowest BCUT2D eigenvalue weighted by molar-refractivity contribution is -0.142. The second-order valence-corrected chi connectivity index (χ2v) is 9.33. The Hall–Kier alpha value is -1.65. The number of nitrogens with one attached hydrogen (secondary N) is 3. The van der Waals surface area contributed by atoms with Crippen LogP contribution in [-0.4, -0.2) is 44.7 Å². The Morgan fingerprint density at radius 2 is 1.88 bits per heavy atom. The zero-order valence-electron chi connectivity index (χ0n) is 13.9. The highest BCUT2D eigenvalue weighted by Crippen LogP contribution is 2.24. The fraction of sp³-hybridized carbons (Fsp3) is 0.600. The largest absolute Gasteiger partial charge is 0.481 e. The lowest BCUT2D eigenvalue weighted by atomic mass is 9.86. The second-order valence-electron chi connectivity index (χ2n) is 6.05. The van der Waals surface area contributed by atoms with Crippen LogP contribution in [0.5, 0.6) is 0 Å². The molecule has 0 atom stereocenters. The molecule has 1 aromatic rings. The van der Waals surface area contributed by atoms with Crippen molar-refractivity contribution in [3.63, 3.8) is 0 Å². The van der Waals surface area contributed by atoms with Crippen LogP contribution in [0, 0.1) is 12.8 Å². The molecule has 140 valence electrons. The van der Waals surface area contributed by atoms with Gasteiger partial charge in [0, 0.05) is 24.0 Å². The summed E-state index contributed by atoms with van der Waals surface area (Å²) in [7, 11) is -3.54. The predicted octanol–water partition coefficient (Wildman–Crippen LogP) is 1.28. The van der Waals surface area contributed by atoms with E-state index >= 15 is 0 Å². The number of aliphatic carboxylic acids is 1. The van der Waals surface area contributed by atoms with E-state index in [4.69, 9.17) is 5.11 Å². The summed E-state index contributed by atoms with van der Waals surface area (Å²) in [5, 5.41) is 14.3. The molecule has 25 heavy (non-hydrogen) atoms. The molecule has 0 unspecified atom stereocenters. The summed E-state index contributed by atoms with van der Waals surface area (Å²) < 4.78 is 26.7. The maximum absolute atomic E-state index is 12.0. The molecule has 1 aromatic heterocycles. The molecule has 1 aliphatic rings. The van der Waals surface area contributed by atoms with Crippen molar-refractivity contribution in [2.75, 3.05) is 13.1 Å². The smallest absolute Gasteiger partial charge is 0.315 e. The lowest BCUT2D eigenvalue weighted by Gasteiger charge is -2.26. The summed E-state index contributed by atoms with van der Waals surface area (Å²) in [5.74, 6) is -1.10. The van der Waals surface area contributed by atoms with Crippen molar-refractivity contribution in [2.45, 2.75) is 42.9 Å². The van der Waals surface area contributed by atoms with E-state index in [1.165, 1.54) is 11.3 Å². The van der Waals surface area contributed by atoms with Gasteiger partial charge in [-0.05, 0) is 44.7 Å². The maximum Gasteiger partial charge on any atom is 0.315 e. The number of amides is 2. The molecule has 1 fully saturated rings. The highest BCUT2D eigenvalue weighted by molar-refractivity contribution is 7.91. The van der Waals surface area contributed by atoms with Crippen LogP contribution in [0.1, 0.15) is 30.6 Å². The van der Waals surface area contributed by atoms with Gasteiger partial charge in [-0.3, -0.25) is 4.79 Å². The molecule has 0 saturated heterocycles. The zero-order chi connectivity index (χ0) is 18.4. The van der Waals surface area contributed by atoms with Gasteiger partial charge in [0.05, 0.1) is 5.92 Å². The fourth-order valence-electron chi connectivity index (χ4n) is 2.71. The first-order valence-electron chi connectivity index (χ1n) is 8.11. The number of urea groups is 1. The Morgan fingerprint density at radius 1 is 1.20 bits per heavy atom. The lowest BCUT2D eigenvalue weighted by Crippen LogP contribution is -2.46. The Bertz CT molecular complexity index is 709. The minimum absolute atomic E-state index is 0.0404. The van der Waals surface area contributed by atoms with Crippen LogP contribution >= 0.6 is 11.3 Å². The molecular formula is C15H23N3O5S2. The minimum atomic E-state index is -3.54. The Balaban J connectivity index is 1.65. The highest BCUT2D eigenvalue weighted by Gasteiger charge is 2.26. The van der Waals surface area contributed by atoms with E-state index in [2.05, 4.69) is 15.4 Å². The van der Waals surface area contributed by atoms with Gasteiger partial charge in [-0.2, -0.15) is 0 Å². The monoisotopic (exact) mass is 389 g/mol. The van der Waals surface area contributed by atoms with E-state index < -0.39 is 16.0 Å². The topological polar surface area (TPSA) is 125 Å². The first-order valence-corrected chi connectivity index (χ1v) is 10.4. The molecule has 10 heteroatoms. The number of carbonyl (C=O) groups is 2. The Morgan fingerprint density at radius 3 is 2.44 bits per heavy atom. The van der Waals surface area contributed by atoms with Gasteiger partial charge in [0.25, 0.3) is 0 Å². The van der Waals surface area contributed by atoms with E-state index in [-0.39, 0.29) is 35.3 Å². The summed E-state index contributed by atoms with van der Waals surface area (Å²) >= 11 is 1.19. The van der Waals surface area contributed by atoms with Crippen molar-refractivity contribution in [3.8, 4) is 0 Å². The summed E-state index contributed by atoms with van der Waals surface area (Å²) in [6.07, 6.45) is 2.38. The fourth-order valence-corrected chi connectivity index (χ4v) is 5.07. The van der Waals surface area contributed by atoms with Crippen LogP contribution in [0.3, 0.4) is 0 Å². The molecule has 1 saturated carbocycles. The molecule has 8 nitrogen and oxygen atoms in total. The van der Waals surface area contributed by atoms with Crippen LogP contribution in [0.25, 0.3) is 0 Å². The molecule has 2 rings (SSSR count). The number of rotatable bonds is 7. The second kappa shape index (κ2) is 8.63. The predicted molar refractivity (Wildman–Crippen MR) is 94.2 cm³/mol. The quantitative estimate of drug-likeness (QED) is 0.523. The first-order chi connectivity index (χ1) is 11.8. The number of carbonyl (C=O) groups excluding carboxylic acids is 1. The minimum Gasteiger partial charge on any atom is -0.481 e. The highest BCUT2D eigenvalue weighted by atomic mass is 32.2. The summed E-state index contributed by atoms with van der Waals surface area (Å²) in [5.41, 5.74) is 0. The molecule has 1 heterocycles. The van der Waals surface area contributed by atoms with Crippen molar-refractivity contribution in [3.05, 3.63) is 17.0 Å². The van der Waals surface area contributed by atoms with Crippen molar-refractivity contribution in [1.82, 2.24) is 15.4 Å². The van der Waals surface area contributed by atoms with Crippen LogP contribution in [0.15, 0.2) is 16.3 Å². The van der Waals surface area contributed by atoms with Crippen LogP contribution in [0.2, 0.25) is 0 Å². The van der Waals surface area contributed by atoms with Crippen molar-refractivity contribution < 1.29 is 23.1 Å². The number of carboxylic acid groups (broad SMARTS) is 1. The van der Waals surface area contributed by atoms with Crippen molar-refractivity contribution in [1.29, 1.82) is 0 Å².